The number of benzene rings is 12. The van der Waals surface area contributed by atoms with Gasteiger partial charge < -0.3 is 15.0 Å². The first-order valence-corrected chi connectivity index (χ1v) is 52.5. The first kappa shape index (κ1) is 113. The molecule has 12 aromatic carbocycles. The van der Waals surface area contributed by atoms with Gasteiger partial charge in [-0.15, -0.1) is 195 Å². The summed E-state index contributed by atoms with van der Waals surface area (Å²) in [4.78, 5) is 62.8. The van der Waals surface area contributed by atoms with Gasteiger partial charge in [-0.25, -0.2) is 0 Å². The van der Waals surface area contributed by atoms with E-state index < -0.39 is 0 Å². The number of para-hydroxylation sites is 3. The van der Waals surface area contributed by atoms with Crippen molar-refractivity contribution >= 4 is 50.1 Å². The van der Waals surface area contributed by atoms with Crippen LogP contribution in [0.5, 0.6) is 0 Å². The fourth-order valence-electron chi connectivity index (χ4n) is 20.3. The van der Waals surface area contributed by atoms with E-state index in [-0.39, 0.29) is 111 Å². The second kappa shape index (κ2) is 51.2. The van der Waals surface area contributed by atoms with E-state index in [1.165, 1.54) is 191 Å². The van der Waals surface area contributed by atoms with E-state index >= 15 is 0 Å². The van der Waals surface area contributed by atoms with Crippen LogP contribution >= 0.6 is 0 Å². The molecule has 0 spiro atoms. The maximum Gasteiger partial charge on any atom is 0.169 e. The van der Waals surface area contributed by atoms with E-state index in [9.17, 15) is 14.4 Å². The third kappa shape index (κ3) is 26.8. The Morgan fingerprint density at radius 2 is 0.725 bits per heavy atom. The fourth-order valence-corrected chi connectivity index (χ4v) is 20.3. The normalized spacial score (nSPS) is 12.6. The minimum atomic E-state index is -0.376. The fraction of sp³-hybridized carbons (Fsp3) is 0.277. The number of Topliss-reactive ketones (excluding diaryl/α,β-unsaturated/α-hetero) is 3. The molecule has 0 N–H and O–H groups in total. The molecule has 149 heavy (non-hydrogen) atoms. The molecule has 0 aliphatic heterocycles. The molecular weight excluding hydrogens is 2350 g/mol. The minimum absolute atomic E-state index is 0. The SMILES string of the molecule is CC(=O)c1ccc(-c2[c-]cccc2)nc1.CC(C)C(=O)c1ccc(-c2[c-]cc(C(C)(C)C)cc2)nc1.CC1(C)c2ccccc2-c2c[c-]c(-c3ccc4ccccc4n3)cc21.CCCCCCCCC1(CCCCCCCC)c2ccccc2-c2c[c-]c(-c3ccc4ccccc4n3)cc21.CCc1ccc2c(c1)C(C)(C)c1cc(-c3ccc4ccccc4n3)[c-]cc1-2.Cc1c[c-]c(-c2ccc(C(=O)C(C)(C)C)cn2)cc1.[Ir].[Ir].[Ir]. The number of hydrogen-bond donors (Lipinski definition) is 0. The van der Waals surface area contributed by atoms with E-state index in [0.29, 0.717) is 16.7 Å². The van der Waals surface area contributed by atoms with Crippen molar-refractivity contribution in [2.45, 2.75) is 236 Å². The zero-order valence-electron chi connectivity index (χ0n) is 89.3. The number of carbonyl (C=O) groups excluding carboxylic acids is 3. The van der Waals surface area contributed by atoms with Crippen LogP contribution < -0.4 is 0 Å². The first-order chi connectivity index (χ1) is 70.4. The maximum atomic E-state index is 12.1. The van der Waals surface area contributed by atoms with Crippen LogP contribution in [-0.2, 0) is 88.4 Å². The second-order valence-electron chi connectivity index (χ2n) is 42.6. The Morgan fingerprint density at radius 1 is 0.336 bits per heavy atom. The molecule has 0 saturated carbocycles. The maximum absolute atomic E-state index is 12.1. The van der Waals surface area contributed by atoms with Gasteiger partial charge in [0.05, 0.1) is 16.6 Å². The number of pyridine rings is 6. The minimum Gasteiger partial charge on any atom is -0.304 e. The predicted molar refractivity (Wildman–Crippen MR) is 607 cm³/mol. The van der Waals surface area contributed by atoms with Gasteiger partial charge in [0.15, 0.2) is 17.3 Å². The molecule has 3 aliphatic carbocycles. The number of unbranched alkanes of at least 4 members (excludes halogenated alkanes) is 10. The number of fused-ring (bicyclic) bond motifs is 12. The zero-order valence-corrected chi connectivity index (χ0v) is 96.5. The Hall–Kier alpha value is -12.7. The molecule has 3 aliphatic rings. The molecule has 765 valence electrons. The van der Waals surface area contributed by atoms with Crippen molar-refractivity contribution in [1.29, 1.82) is 0 Å². The van der Waals surface area contributed by atoms with Crippen molar-refractivity contribution in [3.63, 3.8) is 0 Å². The van der Waals surface area contributed by atoms with Gasteiger partial charge in [0.2, 0.25) is 0 Å². The van der Waals surface area contributed by atoms with Gasteiger partial charge in [-0.3, -0.25) is 29.3 Å². The van der Waals surface area contributed by atoms with Crippen molar-refractivity contribution in [3.05, 3.63) is 431 Å². The number of aryl methyl sites for hydroxylation is 2. The summed E-state index contributed by atoms with van der Waals surface area (Å²) in [6.07, 6.45) is 24.6. The van der Waals surface area contributed by atoms with Gasteiger partial charge in [-0.05, 0) is 133 Å². The van der Waals surface area contributed by atoms with Crippen molar-refractivity contribution < 1.29 is 74.7 Å². The molecule has 6 heterocycles. The molecular formula is C137H136Ir3N6O3-6. The number of ketones is 3. The number of rotatable bonds is 25. The quantitative estimate of drug-likeness (QED) is 0.0312. The van der Waals surface area contributed by atoms with Gasteiger partial charge in [0.25, 0.3) is 0 Å². The van der Waals surface area contributed by atoms with Crippen LogP contribution in [0.4, 0.5) is 0 Å². The molecule has 0 amide bonds. The molecule has 0 fully saturated rings. The Morgan fingerprint density at radius 3 is 1.15 bits per heavy atom. The zero-order chi connectivity index (χ0) is 103. The summed E-state index contributed by atoms with van der Waals surface area (Å²) in [5, 5.41) is 3.53. The van der Waals surface area contributed by atoms with Gasteiger partial charge in [-0.2, -0.15) is 0 Å². The molecule has 18 aromatic rings. The average Bonchev–Trinajstić information content (AvgIpc) is 1.57. The molecule has 3 radical (unpaired) electrons. The largest absolute Gasteiger partial charge is 0.304 e. The van der Waals surface area contributed by atoms with Crippen molar-refractivity contribution in [2.24, 2.45) is 11.3 Å². The topological polar surface area (TPSA) is 129 Å². The average molecular weight is 2490 g/mol. The monoisotopic (exact) mass is 2490 g/mol. The van der Waals surface area contributed by atoms with Crippen LogP contribution in [0.2, 0.25) is 0 Å². The van der Waals surface area contributed by atoms with Crippen LogP contribution in [0.1, 0.15) is 282 Å². The first-order valence-electron chi connectivity index (χ1n) is 52.5. The molecule has 0 bridgehead atoms. The molecule has 9 nitrogen and oxygen atoms in total. The standard InChI is InChI=1S/C38H46N.C26H22N.C24H18N.C19H22NO.C17H18NO.C13H10NO.3Ir/c1-3-5-7-9-11-17-27-38(28-18-12-10-8-6-4-2)34-21-15-14-20-32(34)33-25-23-31(29-35(33)38)37-26-24-30-19-13-16-22-36(30)39-37;1-4-17-9-12-20-21-13-10-19(16-23(21)26(2,3)22(20)15-17)25-14-11-18-7-5-6-8-24(18)27-25;1-24(2)20-9-5-4-8-18(20)19-13-11-17(15-21(19)24)23-14-12-16-7-3-6-10-22(16)25-23;1-13(2)18(21)15-8-11-17(20-12-15)14-6-9-16(10-7-14)19(3,4)5;1-12-5-7-13(8-6-12)15-10-9-14(11-18-15)16(19)17(2,3)4;1-10(15)12-7-8-13(14-9-12)11-5-3-2-4-6-11;;;/h13-16,19-22,24-26,29H,3-12,17-18,27-28H2,1-2H3;5-9,11-16H,4H2,1-3H3;3-10,12-15H,1-2H3;6,8-13H,1-5H3;5-7,9-11H,1-4H3;2-5,7-9H,1H3;;;/q6*-1;;;. The van der Waals surface area contributed by atoms with Crippen LogP contribution in [0.3, 0.4) is 0 Å². The Bertz CT molecular complexity index is 7590. The number of hydrogen-bond acceptors (Lipinski definition) is 9. The molecule has 6 aromatic heterocycles. The third-order valence-electron chi connectivity index (χ3n) is 29.0. The third-order valence-corrected chi connectivity index (χ3v) is 29.0. The summed E-state index contributed by atoms with van der Waals surface area (Å²) in [6.45, 7) is 35.7. The van der Waals surface area contributed by atoms with Gasteiger partial charge in [0, 0.05) is 112 Å². The van der Waals surface area contributed by atoms with Crippen molar-refractivity contribution in [3.8, 4) is 101 Å². The van der Waals surface area contributed by atoms with E-state index in [1.54, 1.807) is 30.2 Å². The van der Waals surface area contributed by atoms with Crippen LogP contribution in [0.15, 0.2) is 328 Å². The molecule has 12 heteroatoms. The number of nitrogens with zero attached hydrogens (tertiary/aromatic N) is 6. The van der Waals surface area contributed by atoms with Crippen molar-refractivity contribution in [1.82, 2.24) is 29.9 Å². The van der Waals surface area contributed by atoms with Crippen LogP contribution in [0.25, 0.3) is 134 Å². The summed E-state index contributed by atoms with van der Waals surface area (Å²) in [5.74, 6) is 0.266. The van der Waals surface area contributed by atoms with Gasteiger partial charge in [0.1, 0.15) is 0 Å². The summed E-state index contributed by atoms with van der Waals surface area (Å²) in [7, 11) is 0. The van der Waals surface area contributed by atoms with E-state index in [1.807, 2.05) is 145 Å². The molecule has 0 atom stereocenters. The van der Waals surface area contributed by atoms with Gasteiger partial charge >= 0.3 is 0 Å². The smallest absolute Gasteiger partial charge is 0.169 e. The summed E-state index contributed by atoms with van der Waals surface area (Å²) < 4.78 is 0. The molecule has 0 unspecified atom stereocenters. The Balaban J connectivity index is 0.000000152. The predicted octanol–water partition coefficient (Wildman–Crippen LogP) is 35.6. The molecule has 0 saturated heterocycles. The number of aromatic nitrogens is 6. The summed E-state index contributed by atoms with van der Waals surface area (Å²) >= 11 is 0. The van der Waals surface area contributed by atoms with Crippen molar-refractivity contribution in [2.75, 3.05) is 0 Å². The molecule has 21 rings (SSSR count). The number of carbonyl (C=O) groups is 3. The second-order valence-corrected chi connectivity index (χ2v) is 42.6. The van der Waals surface area contributed by atoms with E-state index in [0.717, 1.165) is 90.5 Å². The van der Waals surface area contributed by atoms with Crippen LogP contribution in [-0.4, -0.2) is 47.3 Å². The van der Waals surface area contributed by atoms with E-state index in [4.69, 9.17) is 15.0 Å². The summed E-state index contributed by atoms with van der Waals surface area (Å²) in [5.41, 5.74) is 37.0. The van der Waals surface area contributed by atoms with Crippen LogP contribution in [0, 0.1) is 54.7 Å². The van der Waals surface area contributed by atoms with Gasteiger partial charge in [-0.1, -0.05) is 415 Å². The Labute approximate surface area is 925 Å². The summed E-state index contributed by atoms with van der Waals surface area (Å²) in [6, 6.07) is 127. The Kier molecular flexibility index (Phi) is 39.0. The van der Waals surface area contributed by atoms with E-state index in [2.05, 4.69) is 321 Å².